The largest absolute Gasteiger partial charge is 0.416 e. The summed E-state index contributed by atoms with van der Waals surface area (Å²) in [5.41, 5.74) is 0.150. The maximum absolute atomic E-state index is 13.7. The number of aromatic nitrogens is 2. The van der Waals surface area contributed by atoms with Crippen LogP contribution >= 0.6 is 0 Å². The Morgan fingerprint density at radius 2 is 1.73 bits per heavy atom. The number of rotatable bonds is 3. The molecule has 1 aromatic heterocycles. The molecule has 2 unspecified atom stereocenters. The molecule has 0 aliphatic carbocycles. The topological polar surface area (TPSA) is 82.7 Å². The van der Waals surface area contributed by atoms with Gasteiger partial charge >= 0.3 is 12.2 Å². The van der Waals surface area contributed by atoms with E-state index in [1.54, 1.807) is 21.9 Å². The first-order valence-corrected chi connectivity index (χ1v) is 12.2. The average Bonchev–Trinajstić information content (AvgIpc) is 3.39. The lowest BCUT2D eigenvalue weighted by atomic mass is 9.84. The van der Waals surface area contributed by atoms with Crippen molar-refractivity contribution in [3.63, 3.8) is 0 Å². The van der Waals surface area contributed by atoms with Gasteiger partial charge in [0.05, 0.1) is 17.6 Å². The van der Waals surface area contributed by atoms with Crippen LogP contribution in [-0.2, 0) is 6.18 Å². The molecule has 3 heterocycles. The van der Waals surface area contributed by atoms with Crippen LogP contribution < -0.4 is 0 Å². The van der Waals surface area contributed by atoms with Crippen molar-refractivity contribution < 1.29 is 32.0 Å². The SMILES string of the molecule is O=C(N1CCC(O)CC1)N1CC(c2cccc(C(F)(F)F)c2)CC(c2nc(-c3cccc(F)c3)no2)C1. The van der Waals surface area contributed by atoms with Gasteiger partial charge in [0, 0.05) is 37.7 Å². The number of alkyl halides is 3. The fourth-order valence-electron chi connectivity index (χ4n) is 5.05. The Morgan fingerprint density at radius 3 is 2.46 bits per heavy atom. The second-order valence-electron chi connectivity index (χ2n) is 9.63. The quantitative estimate of drug-likeness (QED) is 0.491. The van der Waals surface area contributed by atoms with E-state index >= 15 is 0 Å². The number of halogens is 4. The molecule has 0 radical (unpaired) electrons. The van der Waals surface area contributed by atoms with Gasteiger partial charge in [-0.05, 0) is 43.0 Å². The fraction of sp³-hybridized carbons (Fsp3) is 0.423. The maximum Gasteiger partial charge on any atom is 0.416 e. The van der Waals surface area contributed by atoms with E-state index in [9.17, 15) is 27.5 Å². The van der Waals surface area contributed by atoms with Gasteiger partial charge in [0.15, 0.2) is 0 Å². The zero-order valence-corrected chi connectivity index (χ0v) is 19.9. The minimum absolute atomic E-state index is 0.193. The first kappa shape index (κ1) is 25.2. The highest BCUT2D eigenvalue weighted by molar-refractivity contribution is 5.75. The van der Waals surface area contributed by atoms with Crippen molar-refractivity contribution in [3.8, 4) is 11.4 Å². The second-order valence-corrected chi connectivity index (χ2v) is 9.63. The lowest BCUT2D eigenvalue weighted by molar-refractivity contribution is -0.137. The van der Waals surface area contributed by atoms with Gasteiger partial charge in [-0.2, -0.15) is 18.2 Å². The Morgan fingerprint density at radius 1 is 1.00 bits per heavy atom. The number of aliphatic hydroxyl groups is 1. The molecule has 7 nitrogen and oxygen atoms in total. The summed E-state index contributed by atoms with van der Waals surface area (Å²) in [4.78, 5) is 21.1. The van der Waals surface area contributed by atoms with E-state index in [0.717, 1.165) is 12.1 Å². The molecule has 0 bridgehead atoms. The van der Waals surface area contributed by atoms with Gasteiger partial charge in [-0.25, -0.2) is 9.18 Å². The smallest absolute Gasteiger partial charge is 0.393 e. The highest BCUT2D eigenvalue weighted by Gasteiger charge is 2.38. The van der Waals surface area contributed by atoms with Crippen molar-refractivity contribution in [2.45, 2.75) is 43.4 Å². The van der Waals surface area contributed by atoms with Gasteiger partial charge in [-0.3, -0.25) is 0 Å². The van der Waals surface area contributed by atoms with Crippen molar-refractivity contribution in [1.82, 2.24) is 19.9 Å². The first-order chi connectivity index (χ1) is 17.7. The van der Waals surface area contributed by atoms with Crippen LogP contribution in [0.4, 0.5) is 22.4 Å². The molecule has 196 valence electrons. The van der Waals surface area contributed by atoms with Crippen molar-refractivity contribution >= 4 is 6.03 Å². The molecular weight excluding hydrogens is 492 g/mol. The number of hydrogen-bond acceptors (Lipinski definition) is 5. The summed E-state index contributed by atoms with van der Waals surface area (Å²) in [5, 5.41) is 13.8. The molecular formula is C26H26F4N4O3. The van der Waals surface area contributed by atoms with E-state index in [2.05, 4.69) is 10.1 Å². The third-order valence-corrected chi connectivity index (χ3v) is 7.02. The van der Waals surface area contributed by atoms with Gasteiger partial charge in [0.25, 0.3) is 0 Å². The van der Waals surface area contributed by atoms with Crippen LogP contribution in [0.1, 0.15) is 48.1 Å². The van der Waals surface area contributed by atoms with Gasteiger partial charge in [-0.15, -0.1) is 0 Å². The van der Waals surface area contributed by atoms with Crippen LogP contribution in [0, 0.1) is 5.82 Å². The van der Waals surface area contributed by atoms with Crippen LogP contribution in [0.5, 0.6) is 0 Å². The Labute approximate surface area is 210 Å². The third kappa shape index (κ3) is 5.61. The Balaban J connectivity index is 1.44. The molecule has 2 aliphatic heterocycles. The molecule has 0 saturated carbocycles. The van der Waals surface area contributed by atoms with E-state index in [1.807, 2.05) is 0 Å². The fourth-order valence-corrected chi connectivity index (χ4v) is 5.05. The van der Waals surface area contributed by atoms with Crippen LogP contribution in [-0.4, -0.2) is 63.4 Å². The van der Waals surface area contributed by atoms with E-state index in [1.165, 1.54) is 24.3 Å². The third-order valence-electron chi connectivity index (χ3n) is 7.02. The number of urea groups is 1. The summed E-state index contributed by atoms with van der Waals surface area (Å²) < 4.78 is 59.4. The van der Waals surface area contributed by atoms with Crippen molar-refractivity contribution in [2.24, 2.45) is 0 Å². The average molecular weight is 519 g/mol. The van der Waals surface area contributed by atoms with Gasteiger partial charge in [-0.1, -0.05) is 35.5 Å². The number of piperidine rings is 2. The monoisotopic (exact) mass is 518 g/mol. The molecule has 0 spiro atoms. The minimum Gasteiger partial charge on any atom is -0.393 e. The molecule has 2 aromatic carbocycles. The maximum atomic E-state index is 13.7. The standard InChI is InChI=1S/C26H26F4N4O3/c27-21-6-2-4-17(13-21)23-31-24(37-32-23)19-11-18(16-3-1-5-20(12-16)26(28,29)30)14-34(15-19)25(36)33-9-7-22(35)8-10-33/h1-6,12-13,18-19,22,35H,7-11,14-15H2. The zero-order chi connectivity index (χ0) is 26.2. The molecule has 37 heavy (non-hydrogen) atoms. The lowest BCUT2D eigenvalue weighted by Crippen LogP contribution is -2.51. The van der Waals surface area contributed by atoms with Crippen molar-refractivity contribution in [3.05, 3.63) is 71.4 Å². The van der Waals surface area contributed by atoms with Crippen LogP contribution in [0.25, 0.3) is 11.4 Å². The molecule has 11 heteroatoms. The highest BCUT2D eigenvalue weighted by Crippen LogP contribution is 2.38. The molecule has 2 amide bonds. The van der Waals surface area contributed by atoms with Crippen LogP contribution in [0.15, 0.2) is 53.1 Å². The van der Waals surface area contributed by atoms with Gasteiger partial charge in [0.2, 0.25) is 11.7 Å². The molecule has 5 rings (SSSR count). The number of amides is 2. The Kier molecular flexibility index (Phi) is 6.89. The number of aliphatic hydroxyl groups excluding tert-OH is 1. The lowest BCUT2D eigenvalue weighted by Gasteiger charge is -2.40. The Hall–Kier alpha value is -3.47. The van der Waals surface area contributed by atoms with E-state index in [-0.39, 0.29) is 30.8 Å². The summed E-state index contributed by atoms with van der Waals surface area (Å²) in [5.74, 6) is -0.844. The number of likely N-dealkylation sites (tertiary alicyclic amines) is 2. The summed E-state index contributed by atoms with van der Waals surface area (Å²) in [6.07, 6.45) is -3.59. The summed E-state index contributed by atoms with van der Waals surface area (Å²) >= 11 is 0. The highest BCUT2D eigenvalue weighted by atomic mass is 19.4. The molecule has 2 fully saturated rings. The predicted octanol–water partition coefficient (Wildman–Crippen LogP) is 5.04. The van der Waals surface area contributed by atoms with E-state index in [0.29, 0.717) is 43.5 Å². The second kappa shape index (κ2) is 10.1. The van der Waals surface area contributed by atoms with E-state index in [4.69, 9.17) is 4.52 Å². The molecule has 2 atom stereocenters. The minimum atomic E-state index is -4.49. The summed E-state index contributed by atoms with van der Waals surface area (Å²) in [7, 11) is 0. The summed E-state index contributed by atoms with van der Waals surface area (Å²) in [6, 6.07) is 10.7. The number of nitrogens with zero attached hydrogens (tertiary/aromatic N) is 4. The number of carbonyl (C=O) groups excluding carboxylic acids is 1. The molecule has 1 N–H and O–H groups in total. The van der Waals surface area contributed by atoms with Gasteiger partial charge < -0.3 is 19.4 Å². The zero-order valence-electron chi connectivity index (χ0n) is 19.9. The number of hydrogen-bond donors (Lipinski definition) is 1. The van der Waals surface area contributed by atoms with Crippen molar-refractivity contribution in [2.75, 3.05) is 26.2 Å². The number of benzene rings is 2. The number of carbonyl (C=O) groups is 1. The summed E-state index contributed by atoms with van der Waals surface area (Å²) in [6.45, 7) is 1.29. The van der Waals surface area contributed by atoms with Gasteiger partial charge in [0.1, 0.15) is 5.82 Å². The first-order valence-electron chi connectivity index (χ1n) is 12.2. The Bertz CT molecular complexity index is 1260. The molecule has 3 aromatic rings. The van der Waals surface area contributed by atoms with Crippen LogP contribution in [0.2, 0.25) is 0 Å². The predicted molar refractivity (Wildman–Crippen MR) is 125 cm³/mol. The molecule has 2 aliphatic rings. The molecule has 2 saturated heterocycles. The van der Waals surface area contributed by atoms with Crippen molar-refractivity contribution in [1.29, 1.82) is 0 Å². The van der Waals surface area contributed by atoms with Crippen LogP contribution in [0.3, 0.4) is 0 Å². The normalized spacial score (nSPS) is 21.3. The van der Waals surface area contributed by atoms with E-state index < -0.39 is 35.5 Å².